The van der Waals surface area contributed by atoms with E-state index in [4.69, 9.17) is 9.47 Å². The quantitative estimate of drug-likeness (QED) is 0.210. The average molecular weight is 541 g/mol. The van der Waals surface area contributed by atoms with Crippen molar-refractivity contribution in [3.05, 3.63) is 94.6 Å². The second kappa shape index (κ2) is 10.2. The number of carbonyl (C=O) groups is 3. The molecule has 1 unspecified atom stereocenters. The molecule has 1 atom stereocenters. The summed E-state index contributed by atoms with van der Waals surface area (Å²) in [6.45, 7) is 7.53. The highest BCUT2D eigenvalue weighted by Crippen LogP contribution is 2.44. The molecule has 3 aromatic carbocycles. The molecule has 1 N–H and O–H groups in total. The van der Waals surface area contributed by atoms with Crippen LogP contribution in [0.25, 0.3) is 5.76 Å². The van der Waals surface area contributed by atoms with Crippen LogP contribution in [-0.2, 0) is 19.7 Å². The van der Waals surface area contributed by atoms with Gasteiger partial charge in [-0.25, -0.2) is 4.79 Å². The highest BCUT2D eigenvalue weighted by molar-refractivity contribution is 6.51. The third kappa shape index (κ3) is 4.70. The molecule has 0 aliphatic carbocycles. The molecule has 0 bridgehead atoms. The number of ketones is 1. The van der Waals surface area contributed by atoms with E-state index in [1.165, 1.54) is 18.1 Å². The Kier molecular flexibility index (Phi) is 6.87. The molecule has 0 radical (unpaired) electrons. The van der Waals surface area contributed by atoms with Crippen molar-refractivity contribution in [2.24, 2.45) is 0 Å². The van der Waals surface area contributed by atoms with E-state index in [9.17, 15) is 19.5 Å². The molecule has 2 aliphatic heterocycles. The molecule has 0 saturated carbocycles. The largest absolute Gasteiger partial charge is 0.507 e. The summed E-state index contributed by atoms with van der Waals surface area (Å²) >= 11 is 0. The molecule has 1 amide bonds. The van der Waals surface area contributed by atoms with Crippen molar-refractivity contribution in [3.8, 4) is 5.75 Å². The molecule has 3 aromatic rings. The zero-order valence-electron chi connectivity index (χ0n) is 23.2. The van der Waals surface area contributed by atoms with Crippen molar-refractivity contribution in [1.82, 2.24) is 0 Å². The smallest absolute Gasteiger partial charge is 0.337 e. The Morgan fingerprint density at radius 1 is 1.00 bits per heavy atom. The van der Waals surface area contributed by atoms with Crippen LogP contribution in [0.4, 0.5) is 11.4 Å². The molecule has 1 fully saturated rings. The van der Waals surface area contributed by atoms with Crippen LogP contribution in [0.3, 0.4) is 0 Å². The first-order valence-electron chi connectivity index (χ1n) is 13.1. The van der Waals surface area contributed by atoms with E-state index in [1.807, 2.05) is 36.2 Å². The first-order valence-corrected chi connectivity index (χ1v) is 13.1. The molecular weight excluding hydrogens is 508 g/mol. The third-order valence-corrected chi connectivity index (χ3v) is 7.41. The number of nitrogens with zero attached hydrogens (tertiary/aromatic N) is 2. The van der Waals surface area contributed by atoms with E-state index >= 15 is 0 Å². The number of methoxy groups -OCH3 is 1. The van der Waals surface area contributed by atoms with Gasteiger partial charge in [0.15, 0.2) is 0 Å². The Balaban J connectivity index is 1.69. The number of ether oxygens (including phenoxy) is 2. The minimum atomic E-state index is -0.924. The van der Waals surface area contributed by atoms with Gasteiger partial charge in [-0.2, -0.15) is 0 Å². The highest BCUT2D eigenvalue weighted by atomic mass is 16.5. The predicted octanol–water partition coefficient (Wildman–Crippen LogP) is 5.23. The summed E-state index contributed by atoms with van der Waals surface area (Å²) in [5.41, 5.74) is 3.35. The summed E-state index contributed by atoms with van der Waals surface area (Å²) in [6.07, 6.45) is 0. The van der Waals surface area contributed by atoms with Crippen LogP contribution in [0.5, 0.6) is 5.75 Å². The zero-order valence-corrected chi connectivity index (χ0v) is 23.2. The van der Waals surface area contributed by atoms with Crippen LogP contribution in [0.15, 0.2) is 72.3 Å². The van der Waals surface area contributed by atoms with Gasteiger partial charge in [-0.1, -0.05) is 51.1 Å². The van der Waals surface area contributed by atoms with Gasteiger partial charge in [-0.05, 0) is 52.9 Å². The van der Waals surface area contributed by atoms with Crippen LogP contribution < -0.4 is 14.5 Å². The van der Waals surface area contributed by atoms with E-state index in [0.717, 1.165) is 11.3 Å². The number of amides is 1. The highest BCUT2D eigenvalue weighted by Gasteiger charge is 2.47. The molecule has 5 rings (SSSR count). The van der Waals surface area contributed by atoms with Gasteiger partial charge in [0.05, 0.1) is 36.5 Å². The van der Waals surface area contributed by atoms with Gasteiger partial charge in [0, 0.05) is 18.3 Å². The average Bonchev–Trinajstić information content (AvgIpc) is 3.22. The van der Waals surface area contributed by atoms with Crippen molar-refractivity contribution in [2.75, 3.05) is 37.1 Å². The first kappa shape index (κ1) is 27.0. The minimum absolute atomic E-state index is 0.0312. The normalized spacial score (nSPS) is 18.4. The van der Waals surface area contributed by atoms with Gasteiger partial charge in [-0.15, -0.1) is 0 Å². The van der Waals surface area contributed by atoms with Gasteiger partial charge in [0.25, 0.3) is 11.7 Å². The Bertz CT molecular complexity index is 1530. The van der Waals surface area contributed by atoms with Gasteiger partial charge < -0.3 is 19.5 Å². The number of benzene rings is 3. The summed E-state index contributed by atoms with van der Waals surface area (Å²) in [5, 5.41) is 11.6. The number of rotatable bonds is 4. The number of Topliss-reactive ketones (excluding diaryl/α,β-unsaturated/α-hetero) is 1. The van der Waals surface area contributed by atoms with E-state index in [2.05, 4.69) is 20.8 Å². The number of carbonyl (C=O) groups excluding carboxylic acids is 3. The van der Waals surface area contributed by atoms with Gasteiger partial charge >= 0.3 is 5.97 Å². The van der Waals surface area contributed by atoms with E-state index in [1.54, 1.807) is 36.4 Å². The number of fused-ring (bicyclic) bond motifs is 1. The van der Waals surface area contributed by atoms with Crippen LogP contribution in [0.1, 0.15) is 53.9 Å². The molecule has 206 valence electrons. The standard InChI is InChI=1S/C32H32N2O6/c1-32(2,3)22-12-9-19(10-13-22)27-26(28(35)20-11-14-25-24(18-20)33(4)15-16-40-25)29(36)30(37)34(27)23-8-6-7-21(17-23)31(38)39-5/h6-14,17-18,27,35H,15-16H2,1-5H3/b28-26-. The SMILES string of the molecule is COC(=O)c1cccc(N2C(=O)C(=O)/C(=C(\O)c3ccc4c(c3)N(C)CCO4)C2c2ccc(C(C)(C)C)cc2)c1. The van der Waals surface area contributed by atoms with Crippen molar-refractivity contribution in [3.63, 3.8) is 0 Å². The summed E-state index contributed by atoms with van der Waals surface area (Å²) in [6, 6.07) is 18.3. The number of hydrogen-bond donors (Lipinski definition) is 1. The molecule has 40 heavy (non-hydrogen) atoms. The van der Waals surface area contributed by atoms with E-state index in [-0.39, 0.29) is 22.3 Å². The number of aliphatic hydroxyl groups is 1. The molecule has 0 spiro atoms. The molecule has 8 heteroatoms. The lowest BCUT2D eigenvalue weighted by Crippen LogP contribution is -2.29. The fraction of sp³-hybridized carbons (Fsp3) is 0.281. The Morgan fingerprint density at radius 2 is 1.73 bits per heavy atom. The predicted molar refractivity (Wildman–Crippen MR) is 153 cm³/mol. The molecule has 2 aliphatic rings. The lowest BCUT2D eigenvalue weighted by molar-refractivity contribution is -0.132. The van der Waals surface area contributed by atoms with Crippen molar-refractivity contribution < 1.29 is 29.0 Å². The van der Waals surface area contributed by atoms with Crippen LogP contribution in [-0.4, -0.2) is 50.1 Å². The van der Waals surface area contributed by atoms with Crippen molar-refractivity contribution in [2.45, 2.75) is 32.2 Å². The van der Waals surface area contributed by atoms with Crippen LogP contribution in [0, 0.1) is 0 Å². The molecule has 0 aromatic heterocycles. The summed E-state index contributed by atoms with van der Waals surface area (Å²) < 4.78 is 10.6. The lowest BCUT2D eigenvalue weighted by atomic mass is 9.85. The lowest BCUT2D eigenvalue weighted by Gasteiger charge is -2.28. The van der Waals surface area contributed by atoms with E-state index < -0.39 is 23.7 Å². The zero-order chi connectivity index (χ0) is 28.8. The fourth-order valence-electron chi connectivity index (χ4n) is 5.13. The Morgan fingerprint density at radius 3 is 2.40 bits per heavy atom. The van der Waals surface area contributed by atoms with Crippen molar-refractivity contribution in [1.29, 1.82) is 0 Å². The summed E-state index contributed by atoms with van der Waals surface area (Å²) in [4.78, 5) is 42.8. The molecular formula is C32H32N2O6. The van der Waals surface area contributed by atoms with Gasteiger partial charge in [0.2, 0.25) is 0 Å². The van der Waals surface area contributed by atoms with Gasteiger partial charge in [-0.3, -0.25) is 14.5 Å². The Hall–Kier alpha value is -4.59. The summed E-state index contributed by atoms with van der Waals surface area (Å²) in [7, 11) is 3.20. The van der Waals surface area contributed by atoms with Crippen LogP contribution in [0.2, 0.25) is 0 Å². The maximum Gasteiger partial charge on any atom is 0.337 e. The van der Waals surface area contributed by atoms with Gasteiger partial charge in [0.1, 0.15) is 18.1 Å². The van der Waals surface area contributed by atoms with Crippen molar-refractivity contribution >= 4 is 34.8 Å². The maximum absolute atomic E-state index is 13.6. The maximum atomic E-state index is 13.6. The second-order valence-corrected chi connectivity index (χ2v) is 11.0. The second-order valence-electron chi connectivity index (χ2n) is 11.0. The molecule has 1 saturated heterocycles. The monoisotopic (exact) mass is 540 g/mol. The minimum Gasteiger partial charge on any atom is -0.507 e. The number of hydrogen-bond acceptors (Lipinski definition) is 7. The Labute approximate surface area is 233 Å². The third-order valence-electron chi connectivity index (χ3n) is 7.41. The number of aliphatic hydroxyl groups excluding tert-OH is 1. The fourth-order valence-corrected chi connectivity index (χ4v) is 5.13. The number of anilines is 2. The number of likely N-dealkylation sites (N-methyl/N-ethyl adjacent to an activating group) is 1. The molecule has 2 heterocycles. The number of esters is 1. The summed E-state index contributed by atoms with van der Waals surface area (Å²) in [5.74, 6) is -1.78. The molecule has 8 nitrogen and oxygen atoms in total. The van der Waals surface area contributed by atoms with E-state index in [0.29, 0.717) is 35.7 Å². The topological polar surface area (TPSA) is 96.4 Å². The van der Waals surface area contributed by atoms with Crippen LogP contribution >= 0.6 is 0 Å². The first-order chi connectivity index (χ1) is 19.0.